The van der Waals surface area contributed by atoms with E-state index >= 15 is 0 Å². The first-order valence-corrected chi connectivity index (χ1v) is 12.8. The molecule has 1 saturated heterocycles. The Labute approximate surface area is 205 Å². The molecule has 1 fully saturated rings. The van der Waals surface area contributed by atoms with Gasteiger partial charge in [-0.1, -0.05) is 70.0 Å². The number of unbranched alkanes of at least 4 members (excludes halogenated alkanes) is 2. The first kappa shape index (κ1) is 25.8. The van der Waals surface area contributed by atoms with Crippen molar-refractivity contribution < 1.29 is 14.3 Å². The second kappa shape index (κ2) is 13.8. The molecule has 0 atom stereocenters. The SMILES string of the molecule is CCCCOc1ccccc1/C=C1\CN(CCC)C/C(=C\c2ccccc2OCCCC)C1=O. The highest BCUT2D eigenvalue weighted by molar-refractivity contribution is 6.14. The van der Waals surface area contributed by atoms with Crippen LogP contribution in [-0.2, 0) is 4.79 Å². The largest absolute Gasteiger partial charge is 0.493 e. The van der Waals surface area contributed by atoms with Crippen molar-refractivity contribution in [2.24, 2.45) is 0 Å². The van der Waals surface area contributed by atoms with Crippen molar-refractivity contribution in [1.29, 1.82) is 0 Å². The Morgan fingerprint density at radius 1 is 0.735 bits per heavy atom. The van der Waals surface area contributed by atoms with Gasteiger partial charge in [-0.25, -0.2) is 0 Å². The summed E-state index contributed by atoms with van der Waals surface area (Å²) in [5.41, 5.74) is 3.54. The van der Waals surface area contributed by atoms with E-state index in [1.165, 1.54) is 0 Å². The summed E-state index contributed by atoms with van der Waals surface area (Å²) in [5.74, 6) is 1.78. The molecule has 2 aromatic rings. The molecule has 0 amide bonds. The molecule has 1 aliphatic rings. The van der Waals surface area contributed by atoms with Crippen LogP contribution in [-0.4, -0.2) is 43.5 Å². The zero-order valence-corrected chi connectivity index (χ0v) is 21.0. The summed E-state index contributed by atoms with van der Waals surface area (Å²) < 4.78 is 12.0. The second-order valence-electron chi connectivity index (χ2n) is 8.86. The molecule has 4 nitrogen and oxygen atoms in total. The van der Waals surface area contributed by atoms with E-state index in [4.69, 9.17) is 9.47 Å². The number of hydrogen-bond acceptors (Lipinski definition) is 4. The van der Waals surface area contributed by atoms with Crippen molar-refractivity contribution >= 4 is 17.9 Å². The van der Waals surface area contributed by atoms with Gasteiger partial charge in [-0.15, -0.1) is 0 Å². The number of piperidine rings is 1. The van der Waals surface area contributed by atoms with E-state index in [0.29, 0.717) is 26.3 Å². The lowest BCUT2D eigenvalue weighted by molar-refractivity contribution is -0.113. The maximum Gasteiger partial charge on any atom is 0.187 e. The number of Topliss-reactive ketones (excluding diaryl/α,β-unsaturated/α-hetero) is 1. The van der Waals surface area contributed by atoms with E-state index in [9.17, 15) is 4.79 Å². The number of likely N-dealkylation sites (tertiary alicyclic amines) is 1. The molecule has 0 aliphatic carbocycles. The molecule has 3 rings (SSSR count). The number of benzene rings is 2. The van der Waals surface area contributed by atoms with Gasteiger partial charge in [-0.3, -0.25) is 9.69 Å². The summed E-state index contributed by atoms with van der Waals surface area (Å²) in [7, 11) is 0. The minimum Gasteiger partial charge on any atom is -0.493 e. The normalized spacial score (nSPS) is 16.9. The van der Waals surface area contributed by atoms with Crippen molar-refractivity contribution in [2.45, 2.75) is 52.9 Å². The standard InChI is InChI=1S/C30H39NO3/c1-4-7-18-33-28-15-11-9-13-24(28)20-26-22-31(17-6-3)23-27(30(26)32)21-25-14-10-12-16-29(25)34-19-8-5-2/h9-16,20-21H,4-8,17-19,22-23H2,1-3H3/b26-20+,27-21+. The summed E-state index contributed by atoms with van der Waals surface area (Å²) in [5, 5.41) is 0. The van der Waals surface area contributed by atoms with Crippen molar-refractivity contribution in [3.63, 3.8) is 0 Å². The van der Waals surface area contributed by atoms with Crippen LogP contribution in [0.3, 0.4) is 0 Å². The number of carbonyl (C=O) groups excluding carboxylic acids is 1. The first-order valence-electron chi connectivity index (χ1n) is 12.8. The van der Waals surface area contributed by atoms with Crippen LogP contribution < -0.4 is 9.47 Å². The number of hydrogen-bond donors (Lipinski definition) is 0. The average molecular weight is 462 g/mol. The minimum atomic E-state index is 0.110. The number of rotatable bonds is 12. The van der Waals surface area contributed by atoms with Gasteiger partial charge in [0.2, 0.25) is 0 Å². The Morgan fingerprint density at radius 2 is 1.21 bits per heavy atom. The molecule has 182 valence electrons. The quantitative estimate of drug-likeness (QED) is 0.257. The summed E-state index contributed by atoms with van der Waals surface area (Å²) >= 11 is 0. The van der Waals surface area contributed by atoms with Gasteiger partial charge in [0.15, 0.2) is 5.78 Å². The molecule has 2 aromatic carbocycles. The van der Waals surface area contributed by atoms with Crippen LogP contribution in [0.2, 0.25) is 0 Å². The maximum absolute atomic E-state index is 13.6. The fourth-order valence-electron chi connectivity index (χ4n) is 4.08. The van der Waals surface area contributed by atoms with Gasteiger partial charge in [0.05, 0.1) is 13.2 Å². The summed E-state index contributed by atoms with van der Waals surface area (Å²) in [6.45, 7) is 10.1. The molecule has 0 N–H and O–H groups in total. The Kier molecular flexibility index (Phi) is 10.4. The minimum absolute atomic E-state index is 0.110. The molecule has 0 aromatic heterocycles. The highest BCUT2D eigenvalue weighted by atomic mass is 16.5. The smallest absolute Gasteiger partial charge is 0.187 e. The van der Waals surface area contributed by atoms with Crippen LogP contribution >= 0.6 is 0 Å². The number of ether oxygens (including phenoxy) is 2. The van der Waals surface area contributed by atoms with E-state index in [0.717, 1.165) is 72.4 Å². The van der Waals surface area contributed by atoms with Crippen LogP contribution in [0, 0.1) is 0 Å². The predicted octanol–water partition coefficient (Wildman–Crippen LogP) is 6.81. The van der Waals surface area contributed by atoms with Crippen molar-refractivity contribution in [1.82, 2.24) is 4.90 Å². The number of carbonyl (C=O) groups is 1. The van der Waals surface area contributed by atoms with Crippen molar-refractivity contribution in [3.05, 3.63) is 70.8 Å². The van der Waals surface area contributed by atoms with Gasteiger partial charge in [0, 0.05) is 35.4 Å². The zero-order valence-electron chi connectivity index (χ0n) is 21.0. The summed E-state index contributed by atoms with van der Waals surface area (Å²) in [6.07, 6.45) is 9.28. The lowest BCUT2D eigenvalue weighted by Gasteiger charge is -2.29. The Bertz CT molecular complexity index is 917. The van der Waals surface area contributed by atoms with Crippen molar-refractivity contribution in [3.8, 4) is 11.5 Å². The van der Waals surface area contributed by atoms with E-state index in [-0.39, 0.29) is 5.78 Å². The van der Waals surface area contributed by atoms with Gasteiger partial charge < -0.3 is 9.47 Å². The average Bonchev–Trinajstić information content (AvgIpc) is 2.84. The summed E-state index contributed by atoms with van der Waals surface area (Å²) in [6, 6.07) is 16.0. The third kappa shape index (κ3) is 7.33. The van der Waals surface area contributed by atoms with Gasteiger partial charge in [-0.05, 0) is 50.1 Å². The molecule has 0 unspecified atom stereocenters. The van der Waals surface area contributed by atoms with Crippen LogP contribution in [0.15, 0.2) is 59.7 Å². The van der Waals surface area contributed by atoms with Gasteiger partial charge in [-0.2, -0.15) is 0 Å². The maximum atomic E-state index is 13.6. The number of ketones is 1. The molecule has 34 heavy (non-hydrogen) atoms. The van der Waals surface area contributed by atoms with E-state index in [1.807, 2.05) is 60.7 Å². The Balaban J connectivity index is 1.91. The Hall–Kier alpha value is -2.85. The zero-order chi connectivity index (χ0) is 24.2. The monoisotopic (exact) mass is 461 g/mol. The fourth-order valence-corrected chi connectivity index (χ4v) is 4.08. The first-order chi connectivity index (χ1) is 16.7. The molecule has 0 radical (unpaired) electrons. The predicted molar refractivity (Wildman–Crippen MR) is 141 cm³/mol. The Morgan fingerprint density at radius 3 is 1.65 bits per heavy atom. The van der Waals surface area contributed by atoms with Gasteiger partial charge in [0.25, 0.3) is 0 Å². The van der Waals surface area contributed by atoms with Crippen molar-refractivity contribution in [2.75, 3.05) is 32.8 Å². The van der Waals surface area contributed by atoms with Crippen LogP contribution in [0.25, 0.3) is 12.2 Å². The molecular weight excluding hydrogens is 422 g/mol. The highest BCUT2D eigenvalue weighted by Gasteiger charge is 2.26. The third-order valence-corrected chi connectivity index (χ3v) is 5.92. The number of nitrogens with zero attached hydrogens (tertiary/aromatic N) is 1. The molecule has 1 heterocycles. The topological polar surface area (TPSA) is 38.8 Å². The van der Waals surface area contributed by atoms with E-state index < -0.39 is 0 Å². The molecular formula is C30H39NO3. The molecule has 4 heteroatoms. The van der Waals surface area contributed by atoms with E-state index in [1.54, 1.807) is 0 Å². The van der Waals surface area contributed by atoms with Gasteiger partial charge in [0.1, 0.15) is 11.5 Å². The van der Waals surface area contributed by atoms with E-state index in [2.05, 4.69) is 25.7 Å². The lowest BCUT2D eigenvalue weighted by Crippen LogP contribution is -2.38. The molecule has 0 saturated carbocycles. The highest BCUT2D eigenvalue weighted by Crippen LogP contribution is 2.28. The number of para-hydroxylation sites is 2. The van der Waals surface area contributed by atoms with Crippen LogP contribution in [0.4, 0.5) is 0 Å². The van der Waals surface area contributed by atoms with Gasteiger partial charge >= 0.3 is 0 Å². The molecule has 0 spiro atoms. The van der Waals surface area contributed by atoms with Crippen LogP contribution in [0.1, 0.15) is 64.0 Å². The molecule has 1 aliphatic heterocycles. The lowest BCUT2D eigenvalue weighted by atomic mass is 9.93. The molecule has 0 bridgehead atoms. The third-order valence-electron chi connectivity index (χ3n) is 5.92. The fraction of sp³-hybridized carbons (Fsp3) is 0.433. The summed E-state index contributed by atoms with van der Waals surface area (Å²) in [4.78, 5) is 15.9. The second-order valence-corrected chi connectivity index (χ2v) is 8.86. The van der Waals surface area contributed by atoms with Crippen LogP contribution in [0.5, 0.6) is 11.5 Å².